The van der Waals surface area contributed by atoms with Gasteiger partial charge in [-0.3, -0.25) is 5.10 Å². The maximum absolute atomic E-state index is 9.02. The quantitative estimate of drug-likeness (QED) is 0.861. The van der Waals surface area contributed by atoms with Gasteiger partial charge in [0.15, 0.2) is 0 Å². The molecule has 0 atom stereocenters. The van der Waals surface area contributed by atoms with Crippen LogP contribution in [0.25, 0.3) is 11.3 Å². The van der Waals surface area contributed by atoms with E-state index >= 15 is 0 Å². The van der Waals surface area contributed by atoms with Crippen molar-refractivity contribution in [3.8, 4) is 11.3 Å². The molecule has 1 heterocycles. The molecule has 84 valence electrons. The molecule has 1 aromatic carbocycles. The molecule has 3 nitrogen and oxygen atoms in total. The molecule has 0 amide bonds. The molecule has 0 unspecified atom stereocenters. The van der Waals surface area contributed by atoms with Gasteiger partial charge < -0.3 is 5.11 Å². The Morgan fingerprint density at radius 1 is 1.31 bits per heavy atom. The second-order valence-electron chi connectivity index (χ2n) is 3.66. The molecule has 2 rings (SSSR count). The van der Waals surface area contributed by atoms with E-state index in [2.05, 4.69) is 10.2 Å². The van der Waals surface area contributed by atoms with Gasteiger partial charge in [-0.2, -0.15) is 5.10 Å². The molecule has 0 aliphatic heterocycles. The summed E-state index contributed by atoms with van der Waals surface area (Å²) in [5.41, 5.74) is 3.96. The van der Waals surface area contributed by atoms with Crippen molar-refractivity contribution in [2.45, 2.75) is 13.3 Å². The molecule has 16 heavy (non-hydrogen) atoms. The lowest BCUT2D eigenvalue weighted by atomic mass is 10.0. The maximum atomic E-state index is 9.02. The normalized spacial score (nSPS) is 10.7. The first kappa shape index (κ1) is 11.2. The predicted molar refractivity (Wildman–Crippen MR) is 64.6 cm³/mol. The second kappa shape index (κ2) is 4.68. The van der Waals surface area contributed by atoms with Gasteiger partial charge in [-0.05, 0) is 25.5 Å². The molecule has 4 heteroatoms. The van der Waals surface area contributed by atoms with Crippen LogP contribution in [0, 0.1) is 6.92 Å². The highest BCUT2D eigenvalue weighted by molar-refractivity contribution is 6.30. The molecule has 1 aromatic heterocycles. The molecule has 0 aliphatic rings. The number of aliphatic hydroxyl groups excluding tert-OH is 1. The number of hydrogen-bond acceptors (Lipinski definition) is 2. The maximum Gasteiger partial charge on any atom is 0.0956 e. The fourth-order valence-corrected chi connectivity index (χ4v) is 1.84. The van der Waals surface area contributed by atoms with Crippen molar-refractivity contribution < 1.29 is 5.11 Å². The van der Waals surface area contributed by atoms with E-state index in [1.54, 1.807) is 0 Å². The van der Waals surface area contributed by atoms with Crippen molar-refractivity contribution in [1.82, 2.24) is 10.2 Å². The molecule has 0 fully saturated rings. The number of aliphatic hydroxyl groups is 1. The first-order valence-corrected chi connectivity index (χ1v) is 5.51. The van der Waals surface area contributed by atoms with E-state index in [0.29, 0.717) is 11.4 Å². The van der Waals surface area contributed by atoms with Crippen LogP contribution in [0.3, 0.4) is 0 Å². The number of aryl methyl sites for hydroxylation is 1. The highest BCUT2D eigenvalue weighted by atomic mass is 35.5. The lowest BCUT2D eigenvalue weighted by Crippen LogP contribution is -1.93. The van der Waals surface area contributed by atoms with Crippen LogP contribution in [0.15, 0.2) is 24.3 Å². The SMILES string of the molecule is Cc1[nH]nc(-c2ccc(Cl)cc2)c1CCO. The Morgan fingerprint density at radius 2 is 2.00 bits per heavy atom. The van der Waals surface area contributed by atoms with Crippen molar-refractivity contribution in [3.63, 3.8) is 0 Å². The van der Waals surface area contributed by atoms with Gasteiger partial charge in [0.25, 0.3) is 0 Å². The number of rotatable bonds is 3. The first-order valence-electron chi connectivity index (χ1n) is 5.13. The van der Waals surface area contributed by atoms with Gasteiger partial charge in [-0.25, -0.2) is 0 Å². The lowest BCUT2D eigenvalue weighted by Gasteiger charge is -2.02. The molecule has 0 spiro atoms. The van der Waals surface area contributed by atoms with E-state index < -0.39 is 0 Å². The van der Waals surface area contributed by atoms with Gasteiger partial charge in [0.2, 0.25) is 0 Å². The standard InChI is InChI=1S/C12H13ClN2O/c1-8-11(6-7-16)12(15-14-8)9-2-4-10(13)5-3-9/h2-5,16H,6-7H2,1H3,(H,14,15). The van der Waals surface area contributed by atoms with Gasteiger partial charge in [0.05, 0.1) is 5.69 Å². The summed E-state index contributed by atoms with van der Waals surface area (Å²) in [6, 6.07) is 7.53. The zero-order valence-electron chi connectivity index (χ0n) is 9.00. The summed E-state index contributed by atoms with van der Waals surface area (Å²) in [7, 11) is 0. The number of halogens is 1. The van der Waals surface area contributed by atoms with Crippen LogP contribution in [0.4, 0.5) is 0 Å². The van der Waals surface area contributed by atoms with E-state index in [0.717, 1.165) is 22.5 Å². The van der Waals surface area contributed by atoms with Crippen LogP contribution in [0.5, 0.6) is 0 Å². The third-order valence-corrected chi connectivity index (χ3v) is 2.81. The summed E-state index contributed by atoms with van der Waals surface area (Å²) < 4.78 is 0. The van der Waals surface area contributed by atoms with Gasteiger partial charge in [-0.15, -0.1) is 0 Å². The number of H-pyrrole nitrogens is 1. The van der Waals surface area contributed by atoms with E-state index in [1.807, 2.05) is 31.2 Å². The molecule has 2 N–H and O–H groups in total. The van der Waals surface area contributed by atoms with Crippen LogP contribution in [0.1, 0.15) is 11.3 Å². The number of aromatic nitrogens is 2. The van der Waals surface area contributed by atoms with E-state index in [4.69, 9.17) is 16.7 Å². The van der Waals surface area contributed by atoms with Crippen molar-refractivity contribution in [1.29, 1.82) is 0 Å². The Hall–Kier alpha value is -1.32. The summed E-state index contributed by atoms with van der Waals surface area (Å²) in [4.78, 5) is 0. The summed E-state index contributed by atoms with van der Waals surface area (Å²) in [5, 5.41) is 16.9. The zero-order valence-corrected chi connectivity index (χ0v) is 9.75. The van der Waals surface area contributed by atoms with Crippen molar-refractivity contribution in [2.24, 2.45) is 0 Å². The Bertz CT molecular complexity index is 476. The van der Waals surface area contributed by atoms with Crippen molar-refractivity contribution in [3.05, 3.63) is 40.5 Å². The molecule has 0 radical (unpaired) electrons. The van der Waals surface area contributed by atoms with Crippen molar-refractivity contribution in [2.75, 3.05) is 6.61 Å². The predicted octanol–water partition coefficient (Wildman–Crippen LogP) is 2.57. The van der Waals surface area contributed by atoms with Crippen LogP contribution in [-0.2, 0) is 6.42 Å². The third-order valence-electron chi connectivity index (χ3n) is 2.55. The van der Waals surface area contributed by atoms with Crippen LogP contribution in [0.2, 0.25) is 5.02 Å². The number of aromatic amines is 1. The number of nitrogens with zero attached hydrogens (tertiary/aromatic N) is 1. The Morgan fingerprint density at radius 3 is 2.62 bits per heavy atom. The smallest absolute Gasteiger partial charge is 0.0956 e. The minimum absolute atomic E-state index is 0.126. The Balaban J connectivity index is 2.43. The van der Waals surface area contributed by atoms with E-state index in [-0.39, 0.29) is 6.61 Å². The monoisotopic (exact) mass is 236 g/mol. The average Bonchev–Trinajstić information content (AvgIpc) is 2.63. The summed E-state index contributed by atoms with van der Waals surface area (Å²) >= 11 is 5.84. The molecule has 0 bridgehead atoms. The lowest BCUT2D eigenvalue weighted by molar-refractivity contribution is 0.299. The van der Waals surface area contributed by atoms with Gasteiger partial charge in [0.1, 0.15) is 0 Å². The summed E-state index contributed by atoms with van der Waals surface area (Å²) in [6.07, 6.45) is 0.611. The number of benzene rings is 1. The van der Waals surface area contributed by atoms with Crippen LogP contribution in [-0.4, -0.2) is 21.9 Å². The minimum atomic E-state index is 0.126. The largest absolute Gasteiger partial charge is 0.396 e. The second-order valence-corrected chi connectivity index (χ2v) is 4.09. The first-order chi connectivity index (χ1) is 7.72. The molecule has 0 saturated carbocycles. The highest BCUT2D eigenvalue weighted by Gasteiger charge is 2.11. The van der Waals surface area contributed by atoms with E-state index in [9.17, 15) is 0 Å². The third kappa shape index (κ3) is 2.10. The topological polar surface area (TPSA) is 48.9 Å². The Kier molecular flexibility index (Phi) is 3.27. The molecule has 0 aliphatic carbocycles. The van der Waals surface area contributed by atoms with Crippen molar-refractivity contribution >= 4 is 11.6 Å². The average molecular weight is 237 g/mol. The van der Waals surface area contributed by atoms with Crippen LogP contribution >= 0.6 is 11.6 Å². The molecular weight excluding hydrogens is 224 g/mol. The summed E-state index contributed by atoms with van der Waals surface area (Å²) in [5.74, 6) is 0. The Labute approximate surface area is 99.1 Å². The fraction of sp³-hybridized carbons (Fsp3) is 0.250. The van der Waals surface area contributed by atoms with Crippen LogP contribution < -0.4 is 0 Å². The molecule has 0 saturated heterocycles. The van der Waals surface area contributed by atoms with Gasteiger partial charge in [-0.1, -0.05) is 23.7 Å². The summed E-state index contributed by atoms with van der Waals surface area (Å²) in [6.45, 7) is 2.08. The highest BCUT2D eigenvalue weighted by Crippen LogP contribution is 2.25. The molecular formula is C12H13ClN2O. The minimum Gasteiger partial charge on any atom is -0.396 e. The van der Waals surface area contributed by atoms with E-state index in [1.165, 1.54) is 0 Å². The zero-order chi connectivity index (χ0) is 11.5. The van der Waals surface area contributed by atoms with Gasteiger partial charge in [0, 0.05) is 28.5 Å². The van der Waals surface area contributed by atoms with Gasteiger partial charge >= 0.3 is 0 Å². The molecule has 2 aromatic rings. The number of nitrogens with one attached hydrogen (secondary N) is 1. The fourth-order valence-electron chi connectivity index (χ4n) is 1.72. The number of hydrogen-bond donors (Lipinski definition) is 2.